The maximum atomic E-state index is 10.1. The Kier molecular flexibility index (Phi) is 23.1. The van der Waals surface area contributed by atoms with Crippen molar-refractivity contribution in [3.05, 3.63) is 0 Å². The molecule has 0 heterocycles. The molecule has 0 atom stereocenters. The van der Waals surface area contributed by atoms with E-state index in [1.54, 1.807) is 0 Å². The van der Waals surface area contributed by atoms with Gasteiger partial charge in [-0.15, -0.1) is 0 Å². The van der Waals surface area contributed by atoms with Gasteiger partial charge in [0.1, 0.15) is 6.10 Å². The van der Waals surface area contributed by atoms with Gasteiger partial charge in [-0.25, -0.2) is 9.59 Å². The van der Waals surface area contributed by atoms with E-state index in [1.165, 1.54) is 25.7 Å². The summed E-state index contributed by atoms with van der Waals surface area (Å²) in [4.78, 5) is 28.3. The minimum absolute atomic E-state index is 0.339. The van der Waals surface area contributed by atoms with E-state index in [1.807, 2.05) is 0 Å². The number of hydrogen-bond donors (Lipinski definition) is 6. The summed E-state index contributed by atoms with van der Waals surface area (Å²) >= 11 is 0. The molecule has 6 N–H and O–H groups in total. The Balaban J connectivity index is -0.000000284. The number of aliphatic hydroxyl groups is 3. The molecule has 0 rings (SSSR count). The Morgan fingerprint density at radius 1 is 0.783 bits per heavy atom. The third-order valence-corrected chi connectivity index (χ3v) is 2.35. The molecular weight excluding hydrogens is 312 g/mol. The molecule has 0 fully saturated rings. The van der Waals surface area contributed by atoms with Gasteiger partial charge in [0, 0.05) is 6.42 Å². The van der Waals surface area contributed by atoms with E-state index >= 15 is 0 Å². The van der Waals surface area contributed by atoms with Crippen LogP contribution in [0.1, 0.15) is 51.9 Å². The molecule has 138 valence electrons. The van der Waals surface area contributed by atoms with Crippen molar-refractivity contribution in [2.45, 2.75) is 58.0 Å². The number of hydrogen-bond acceptors (Lipinski definition) is 6. The van der Waals surface area contributed by atoms with Crippen molar-refractivity contribution in [3.8, 4) is 0 Å². The highest BCUT2D eigenvalue weighted by Crippen LogP contribution is 2.06. The van der Waals surface area contributed by atoms with Gasteiger partial charge in [-0.1, -0.05) is 39.0 Å². The van der Waals surface area contributed by atoms with E-state index in [2.05, 4.69) is 6.92 Å². The third kappa shape index (κ3) is 33.2. The molecule has 0 aliphatic heterocycles. The second-order valence-electron chi connectivity index (χ2n) is 4.54. The van der Waals surface area contributed by atoms with Crippen molar-refractivity contribution in [2.24, 2.45) is 0 Å². The molecule has 0 unspecified atom stereocenters. The molecule has 0 amide bonds. The van der Waals surface area contributed by atoms with Gasteiger partial charge in [0.25, 0.3) is 0 Å². The summed E-state index contributed by atoms with van der Waals surface area (Å²) in [5.74, 6) is -4.31. The van der Waals surface area contributed by atoms with Gasteiger partial charge in [0.15, 0.2) is 0 Å². The molecule has 0 spiro atoms. The molecule has 0 aromatic rings. The standard InChI is InChI=1S/C9H18O2.C3H8O3.C2H2O4/c1-2-3-4-5-6-7-8-9(10)11;4-1-3(6)2-5;3-1(4)2(5)6/h2-8H2,1H3,(H,10,11);3-6H,1-2H2;(H,3,4)(H,5,6). The highest BCUT2D eigenvalue weighted by molar-refractivity contribution is 6.27. The third-order valence-electron chi connectivity index (χ3n) is 2.35. The van der Waals surface area contributed by atoms with Crippen LogP contribution >= 0.6 is 0 Å². The molecule has 0 saturated carbocycles. The lowest BCUT2D eigenvalue weighted by molar-refractivity contribution is -0.159. The van der Waals surface area contributed by atoms with E-state index < -0.39 is 24.0 Å². The fourth-order valence-corrected chi connectivity index (χ4v) is 1.11. The first-order valence-electron chi connectivity index (χ1n) is 7.30. The number of aliphatic hydroxyl groups excluding tert-OH is 3. The Bertz CT molecular complexity index is 289. The second-order valence-corrected chi connectivity index (χ2v) is 4.54. The molecule has 0 aromatic heterocycles. The summed E-state index contributed by atoms with van der Waals surface area (Å²) in [6, 6.07) is 0. The Morgan fingerprint density at radius 3 is 1.43 bits per heavy atom. The predicted molar refractivity (Wildman–Crippen MR) is 81.1 cm³/mol. The van der Waals surface area contributed by atoms with Gasteiger partial charge in [0.2, 0.25) is 0 Å². The molecule has 0 bridgehead atoms. The fourth-order valence-electron chi connectivity index (χ4n) is 1.11. The fraction of sp³-hybridized carbons (Fsp3) is 0.786. The number of unbranched alkanes of at least 4 members (excludes halogenated alkanes) is 5. The second kappa shape index (κ2) is 20.3. The van der Waals surface area contributed by atoms with Crippen molar-refractivity contribution in [3.63, 3.8) is 0 Å². The number of carbonyl (C=O) groups is 3. The van der Waals surface area contributed by atoms with Gasteiger partial charge in [-0.2, -0.15) is 0 Å². The molecule has 9 nitrogen and oxygen atoms in total. The zero-order valence-corrected chi connectivity index (χ0v) is 13.3. The molecule has 0 aliphatic rings. The molecule has 0 aromatic carbocycles. The van der Waals surface area contributed by atoms with Crippen LogP contribution in [0, 0.1) is 0 Å². The lowest BCUT2D eigenvalue weighted by atomic mass is 10.1. The first kappa shape index (κ1) is 26.2. The van der Waals surface area contributed by atoms with Gasteiger partial charge >= 0.3 is 17.9 Å². The van der Waals surface area contributed by atoms with Gasteiger partial charge in [-0.05, 0) is 6.42 Å². The summed E-state index contributed by atoms with van der Waals surface area (Å²) in [5, 5.41) is 47.1. The Hall–Kier alpha value is -1.71. The van der Waals surface area contributed by atoms with Crippen LogP contribution in [0.15, 0.2) is 0 Å². The number of carboxylic acid groups (broad SMARTS) is 3. The van der Waals surface area contributed by atoms with E-state index in [0.717, 1.165) is 12.8 Å². The lowest BCUT2D eigenvalue weighted by Gasteiger charge is -1.97. The normalized spacial score (nSPS) is 9.26. The molecular formula is C14H28O9. The van der Waals surface area contributed by atoms with Crippen molar-refractivity contribution >= 4 is 17.9 Å². The van der Waals surface area contributed by atoms with Crippen LogP contribution in [-0.2, 0) is 14.4 Å². The average molecular weight is 340 g/mol. The minimum Gasteiger partial charge on any atom is -0.481 e. The zero-order chi connectivity index (χ0) is 18.7. The van der Waals surface area contributed by atoms with Crippen LogP contribution in [0.3, 0.4) is 0 Å². The monoisotopic (exact) mass is 340 g/mol. The maximum Gasteiger partial charge on any atom is 0.414 e. The van der Waals surface area contributed by atoms with Crippen LogP contribution in [-0.4, -0.2) is 67.9 Å². The molecule has 9 heteroatoms. The highest BCUT2D eigenvalue weighted by Gasteiger charge is 2.04. The Morgan fingerprint density at radius 2 is 1.17 bits per heavy atom. The topological polar surface area (TPSA) is 173 Å². The number of rotatable bonds is 9. The van der Waals surface area contributed by atoms with E-state index in [0.29, 0.717) is 6.42 Å². The largest absolute Gasteiger partial charge is 0.481 e. The van der Waals surface area contributed by atoms with E-state index in [-0.39, 0.29) is 13.2 Å². The molecule has 0 radical (unpaired) electrons. The molecule has 0 saturated heterocycles. The smallest absolute Gasteiger partial charge is 0.414 e. The summed E-state index contributed by atoms with van der Waals surface area (Å²) in [5.41, 5.74) is 0. The lowest BCUT2D eigenvalue weighted by Crippen LogP contribution is -2.15. The van der Waals surface area contributed by atoms with Gasteiger partial charge in [-0.3, -0.25) is 4.79 Å². The Labute approximate surface area is 135 Å². The first-order valence-corrected chi connectivity index (χ1v) is 7.30. The molecule has 23 heavy (non-hydrogen) atoms. The summed E-state index contributed by atoms with van der Waals surface area (Å²) < 4.78 is 0. The van der Waals surface area contributed by atoms with E-state index in [9.17, 15) is 4.79 Å². The van der Waals surface area contributed by atoms with Crippen molar-refractivity contribution in [1.29, 1.82) is 0 Å². The first-order chi connectivity index (χ1) is 10.7. The molecule has 0 aliphatic carbocycles. The SMILES string of the molecule is CCCCCCCCC(=O)O.O=C(O)C(=O)O.OCC(O)CO. The predicted octanol–water partition coefficient (Wildman–Crippen LogP) is 0.309. The van der Waals surface area contributed by atoms with Crippen LogP contribution in [0.2, 0.25) is 0 Å². The minimum atomic E-state index is -1.82. The highest BCUT2D eigenvalue weighted by atomic mass is 16.4. The zero-order valence-electron chi connectivity index (χ0n) is 13.3. The van der Waals surface area contributed by atoms with Crippen LogP contribution < -0.4 is 0 Å². The van der Waals surface area contributed by atoms with Crippen LogP contribution in [0.25, 0.3) is 0 Å². The van der Waals surface area contributed by atoms with Crippen LogP contribution in [0.4, 0.5) is 0 Å². The van der Waals surface area contributed by atoms with Gasteiger partial charge < -0.3 is 30.6 Å². The van der Waals surface area contributed by atoms with Crippen LogP contribution in [0.5, 0.6) is 0 Å². The average Bonchev–Trinajstić information content (AvgIpc) is 2.50. The number of carboxylic acids is 3. The summed E-state index contributed by atoms with van der Waals surface area (Å²) in [7, 11) is 0. The quantitative estimate of drug-likeness (QED) is 0.255. The summed E-state index contributed by atoms with van der Waals surface area (Å²) in [6.07, 6.45) is 6.30. The van der Waals surface area contributed by atoms with Crippen molar-refractivity contribution in [1.82, 2.24) is 0 Å². The van der Waals surface area contributed by atoms with E-state index in [4.69, 9.17) is 40.2 Å². The van der Waals surface area contributed by atoms with Gasteiger partial charge in [0.05, 0.1) is 13.2 Å². The summed E-state index contributed by atoms with van der Waals surface area (Å²) in [6.45, 7) is 1.45. The van der Waals surface area contributed by atoms with Crippen molar-refractivity contribution < 1.29 is 45.0 Å². The van der Waals surface area contributed by atoms with Crippen molar-refractivity contribution in [2.75, 3.05) is 13.2 Å². The maximum absolute atomic E-state index is 10.1. The number of aliphatic carboxylic acids is 3.